The Morgan fingerprint density at radius 2 is 2.10 bits per heavy atom. The standard InChI is InChI=1S/C16H21NO3/c1-3-14-13(11-17(2)10-6-9-16(18)19)12-7-4-5-8-15(12)20-14/h4-5,7-8H,3,6,9-11H2,1-2H3,(H,18,19). The van der Waals surface area contributed by atoms with E-state index in [4.69, 9.17) is 9.52 Å². The fraction of sp³-hybridized carbons (Fsp3) is 0.438. The molecule has 0 spiro atoms. The lowest BCUT2D eigenvalue weighted by molar-refractivity contribution is -0.137. The summed E-state index contributed by atoms with van der Waals surface area (Å²) < 4.78 is 5.87. The van der Waals surface area contributed by atoms with Crippen molar-refractivity contribution < 1.29 is 14.3 Å². The van der Waals surface area contributed by atoms with Crippen LogP contribution in [0.15, 0.2) is 28.7 Å². The molecule has 1 N–H and O–H groups in total. The molecule has 0 radical (unpaired) electrons. The third-order valence-corrected chi connectivity index (χ3v) is 3.46. The van der Waals surface area contributed by atoms with Crippen molar-refractivity contribution in [1.82, 2.24) is 4.90 Å². The molecule has 0 aliphatic heterocycles. The van der Waals surface area contributed by atoms with Crippen LogP contribution in [0.25, 0.3) is 11.0 Å². The molecule has 0 saturated heterocycles. The van der Waals surface area contributed by atoms with Crippen LogP contribution >= 0.6 is 0 Å². The fourth-order valence-electron chi connectivity index (χ4n) is 2.46. The lowest BCUT2D eigenvalue weighted by Gasteiger charge is -2.16. The summed E-state index contributed by atoms with van der Waals surface area (Å²) in [6, 6.07) is 8.07. The molecule has 1 heterocycles. The molecule has 2 rings (SSSR count). The molecule has 0 saturated carbocycles. The molecule has 4 nitrogen and oxygen atoms in total. The van der Waals surface area contributed by atoms with Crippen molar-refractivity contribution in [3.63, 3.8) is 0 Å². The van der Waals surface area contributed by atoms with Crippen LogP contribution in [0.5, 0.6) is 0 Å². The van der Waals surface area contributed by atoms with Gasteiger partial charge in [-0.15, -0.1) is 0 Å². The number of benzene rings is 1. The number of para-hydroxylation sites is 1. The van der Waals surface area contributed by atoms with Gasteiger partial charge in [0.25, 0.3) is 0 Å². The summed E-state index contributed by atoms with van der Waals surface area (Å²) in [6.45, 7) is 3.65. The van der Waals surface area contributed by atoms with Crippen molar-refractivity contribution >= 4 is 16.9 Å². The number of furan rings is 1. The van der Waals surface area contributed by atoms with Crippen molar-refractivity contribution in [3.05, 3.63) is 35.6 Å². The van der Waals surface area contributed by atoms with E-state index in [9.17, 15) is 4.79 Å². The van der Waals surface area contributed by atoms with Gasteiger partial charge in [0.05, 0.1) is 0 Å². The van der Waals surface area contributed by atoms with E-state index in [2.05, 4.69) is 17.9 Å². The van der Waals surface area contributed by atoms with Crippen LogP contribution in [0.1, 0.15) is 31.1 Å². The monoisotopic (exact) mass is 275 g/mol. The van der Waals surface area contributed by atoms with Crippen molar-refractivity contribution in [1.29, 1.82) is 0 Å². The van der Waals surface area contributed by atoms with Crippen LogP contribution in [0.3, 0.4) is 0 Å². The highest BCUT2D eigenvalue weighted by Crippen LogP contribution is 2.27. The zero-order valence-corrected chi connectivity index (χ0v) is 12.1. The van der Waals surface area contributed by atoms with Gasteiger partial charge in [-0.25, -0.2) is 0 Å². The number of fused-ring (bicyclic) bond motifs is 1. The Hall–Kier alpha value is -1.81. The molecule has 1 aromatic heterocycles. The first-order chi connectivity index (χ1) is 9.61. The number of rotatable bonds is 7. The summed E-state index contributed by atoms with van der Waals surface area (Å²) in [5, 5.41) is 9.83. The van der Waals surface area contributed by atoms with Crippen molar-refractivity contribution in [2.45, 2.75) is 32.7 Å². The lowest BCUT2D eigenvalue weighted by atomic mass is 10.1. The van der Waals surface area contributed by atoms with E-state index in [1.165, 1.54) is 5.56 Å². The van der Waals surface area contributed by atoms with Crippen molar-refractivity contribution in [2.24, 2.45) is 0 Å². The Bertz CT molecular complexity index is 588. The van der Waals surface area contributed by atoms with Crippen LogP contribution in [0, 0.1) is 0 Å². The van der Waals surface area contributed by atoms with E-state index in [0.29, 0.717) is 6.42 Å². The molecule has 0 fully saturated rings. The Balaban J connectivity index is 2.09. The minimum atomic E-state index is -0.735. The van der Waals surface area contributed by atoms with E-state index in [1.807, 2.05) is 25.2 Å². The highest BCUT2D eigenvalue weighted by molar-refractivity contribution is 5.82. The molecule has 0 unspecified atom stereocenters. The molecular weight excluding hydrogens is 254 g/mol. The van der Waals surface area contributed by atoms with Gasteiger partial charge in [0.2, 0.25) is 0 Å². The SMILES string of the molecule is CCc1oc2ccccc2c1CN(C)CCCC(=O)O. The van der Waals surface area contributed by atoms with Crippen LogP contribution < -0.4 is 0 Å². The Morgan fingerprint density at radius 1 is 1.35 bits per heavy atom. The first-order valence-electron chi connectivity index (χ1n) is 7.01. The molecule has 20 heavy (non-hydrogen) atoms. The van der Waals surface area contributed by atoms with Gasteiger partial charge < -0.3 is 14.4 Å². The van der Waals surface area contributed by atoms with E-state index in [1.54, 1.807) is 0 Å². The van der Waals surface area contributed by atoms with Gasteiger partial charge >= 0.3 is 5.97 Å². The van der Waals surface area contributed by atoms with Gasteiger partial charge in [-0.2, -0.15) is 0 Å². The number of carboxylic acids is 1. The van der Waals surface area contributed by atoms with Gasteiger partial charge in [-0.05, 0) is 26.1 Å². The molecule has 0 amide bonds. The summed E-state index contributed by atoms with van der Waals surface area (Å²) in [5.74, 6) is 0.290. The molecular formula is C16H21NO3. The zero-order valence-electron chi connectivity index (χ0n) is 12.1. The summed E-state index contributed by atoms with van der Waals surface area (Å²) in [6.07, 6.45) is 1.76. The van der Waals surface area contributed by atoms with E-state index >= 15 is 0 Å². The number of nitrogens with zero attached hydrogens (tertiary/aromatic N) is 1. The minimum Gasteiger partial charge on any atom is -0.481 e. The van der Waals surface area contributed by atoms with Crippen molar-refractivity contribution in [2.75, 3.05) is 13.6 Å². The third-order valence-electron chi connectivity index (χ3n) is 3.46. The van der Waals surface area contributed by atoms with Crippen LogP contribution in [-0.2, 0) is 17.8 Å². The van der Waals surface area contributed by atoms with E-state index in [0.717, 1.165) is 36.2 Å². The number of hydrogen-bond acceptors (Lipinski definition) is 3. The second-order valence-corrected chi connectivity index (χ2v) is 5.09. The quantitative estimate of drug-likeness (QED) is 0.842. The summed E-state index contributed by atoms with van der Waals surface area (Å²) in [7, 11) is 2.02. The number of carbonyl (C=O) groups is 1. The summed E-state index contributed by atoms with van der Waals surface area (Å²) >= 11 is 0. The number of aryl methyl sites for hydroxylation is 1. The molecule has 0 aliphatic carbocycles. The van der Waals surface area contributed by atoms with Gasteiger partial charge in [0.15, 0.2) is 0 Å². The topological polar surface area (TPSA) is 53.7 Å². The maximum absolute atomic E-state index is 10.5. The summed E-state index contributed by atoms with van der Waals surface area (Å²) in [5.41, 5.74) is 2.15. The van der Waals surface area contributed by atoms with E-state index < -0.39 is 5.97 Å². The zero-order chi connectivity index (χ0) is 14.5. The molecule has 1 aromatic carbocycles. The smallest absolute Gasteiger partial charge is 0.303 e. The van der Waals surface area contributed by atoms with Crippen LogP contribution in [-0.4, -0.2) is 29.6 Å². The largest absolute Gasteiger partial charge is 0.481 e. The highest BCUT2D eigenvalue weighted by atomic mass is 16.4. The molecule has 0 atom stereocenters. The fourth-order valence-corrected chi connectivity index (χ4v) is 2.46. The second kappa shape index (κ2) is 6.57. The van der Waals surface area contributed by atoms with Gasteiger partial charge in [0.1, 0.15) is 11.3 Å². The maximum Gasteiger partial charge on any atom is 0.303 e. The van der Waals surface area contributed by atoms with Crippen LogP contribution in [0.4, 0.5) is 0 Å². The Labute approximate surface area is 119 Å². The van der Waals surface area contributed by atoms with Crippen molar-refractivity contribution in [3.8, 4) is 0 Å². The van der Waals surface area contributed by atoms with Crippen LogP contribution in [0.2, 0.25) is 0 Å². The first-order valence-corrected chi connectivity index (χ1v) is 7.01. The number of aliphatic carboxylic acids is 1. The molecule has 0 bridgehead atoms. The molecule has 108 valence electrons. The normalized spacial score (nSPS) is 11.3. The van der Waals surface area contributed by atoms with Gasteiger partial charge in [0, 0.05) is 30.3 Å². The molecule has 0 aliphatic rings. The highest BCUT2D eigenvalue weighted by Gasteiger charge is 2.14. The maximum atomic E-state index is 10.5. The Kier molecular flexibility index (Phi) is 4.79. The predicted octanol–water partition coefficient (Wildman–Crippen LogP) is 3.29. The minimum absolute atomic E-state index is 0.219. The molecule has 2 aromatic rings. The first kappa shape index (κ1) is 14.6. The molecule has 4 heteroatoms. The average Bonchev–Trinajstić information content (AvgIpc) is 2.76. The second-order valence-electron chi connectivity index (χ2n) is 5.09. The number of hydrogen-bond donors (Lipinski definition) is 1. The number of carboxylic acid groups (broad SMARTS) is 1. The average molecular weight is 275 g/mol. The lowest BCUT2D eigenvalue weighted by Crippen LogP contribution is -2.20. The summed E-state index contributed by atoms with van der Waals surface area (Å²) in [4.78, 5) is 12.7. The Morgan fingerprint density at radius 3 is 2.80 bits per heavy atom. The van der Waals surface area contributed by atoms with Gasteiger partial charge in [-0.3, -0.25) is 4.79 Å². The van der Waals surface area contributed by atoms with Gasteiger partial charge in [-0.1, -0.05) is 25.1 Å². The predicted molar refractivity (Wildman–Crippen MR) is 78.8 cm³/mol. The van der Waals surface area contributed by atoms with E-state index in [-0.39, 0.29) is 6.42 Å². The third kappa shape index (κ3) is 3.39.